The lowest BCUT2D eigenvalue weighted by molar-refractivity contribution is -0.128. The largest absolute Gasteiger partial charge is 0.298 e. The Kier molecular flexibility index (Phi) is 5.93. The maximum atomic E-state index is 12.5. The van der Waals surface area contributed by atoms with Gasteiger partial charge in [0.15, 0.2) is 5.11 Å². The fourth-order valence-electron chi connectivity index (χ4n) is 2.22. The van der Waals surface area contributed by atoms with Crippen LogP contribution >= 0.6 is 46.9 Å². The highest BCUT2D eigenvalue weighted by Gasteiger charge is 2.32. The summed E-state index contributed by atoms with van der Waals surface area (Å²) in [6, 6.07) is 11.4. The van der Waals surface area contributed by atoms with Crippen molar-refractivity contribution >= 4 is 69.9 Å². The Morgan fingerprint density at radius 2 is 1.96 bits per heavy atom. The molecule has 0 spiro atoms. The molecule has 1 saturated heterocycles. The van der Waals surface area contributed by atoms with Crippen molar-refractivity contribution in [2.24, 2.45) is 0 Å². The van der Waals surface area contributed by atoms with E-state index >= 15 is 0 Å². The van der Waals surface area contributed by atoms with E-state index in [2.05, 4.69) is 11.9 Å². The number of amides is 2. The Morgan fingerprint density at radius 1 is 1.23 bits per heavy atom. The molecule has 1 fully saturated rings. The highest BCUT2D eigenvalue weighted by molar-refractivity contribution is 8.01. The lowest BCUT2D eigenvalue weighted by atomic mass is 10.1. The Labute approximate surface area is 169 Å². The first-order valence-electron chi connectivity index (χ1n) is 7.51. The van der Waals surface area contributed by atoms with E-state index in [9.17, 15) is 9.59 Å². The summed E-state index contributed by atoms with van der Waals surface area (Å²) in [5.41, 5.74) is 0.0605. The molecule has 8 heteroatoms. The molecule has 2 amide bonds. The Hall–Kier alpha value is -1.93. The van der Waals surface area contributed by atoms with Crippen molar-refractivity contribution in [2.45, 2.75) is 9.10 Å². The molecular weight excluding hydrogens is 408 g/mol. The fraction of sp³-hybridized carbons (Fsp3) is 0.0556. The van der Waals surface area contributed by atoms with E-state index in [0.717, 1.165) is 14.0 Å². The summed E-state index contributed by atoms with van der Waals surface area (Å²) >= 11 is 14.0. The second-order valence-corrected chi connectivity index (χ2v) is 8.55. The van der Waals surface area contributed by atoms with Gasteiger partial charge in [-0.3, -0.25) is 19.8 Å². The highest BCUT2D eigenvalue weighted by atomic mass is 35.5. The third-order valence-corrected chi connectivity index (χ3v) is 6.16. The predicted octanol–water partition coefficient (Wildman–Crippen LogP) is 4.37. The summed E-state index contributed by atoms with van der Waals surface area (Å²) in [6.45, 7) is 3.85. The van der Waals surface area contributed by atoms with Gasteiger partial charge in [-0.25, -0.2) is 0 Å². The maximum absolute atomic E-state index is 12.5. The molecule has 1 N–H and O–H groups in total. The molecule has 0 atom stereocenters. The fourth-order valence-corrected chi connectivity index (χ4v) is 4.66. The molecule has 2 heterocycles. The number of benzene rings is 1. The summed E-state index contributed by atoms with van der Waals surface area (Å²) < 4.78 is 1.04. The van der Waals surface area contributed by atoms with E-state index in [0.29, 0.717) is 5.02 Å². The average molecular weight is 421 g/mol. The van der Waals surface area contributed by atoms with Crippen LogP contribution in [0, 0.1) is 0 Å². The average Bonchev–Trinajstić information content (AvgIpc) is 3.04. The van der Waals surface area contributed by atoms with Crippen LogP contribution in [0.5, 0.6) is 0 Å². The molecule has 1 aliphatic heterocycles. The Bertz CT molecular complexity index is 919. The van der Waals surface area contributed by atoms with Crippen LogP contribution in [0.15, 0.2) is 63.7 Å². The zero-order valence-corrected chi connectivity index (χ0v) is 16.6. The highest BCUT2D eigenvalue weighted by Crippen LogP contribution is 2.34. The molecule has 26 heavy (non-hydrogen) atoms. The molecule has 1 aromatic carbocycles. The van der Waals surface area contributed by atoms with Gasteiger partial charge in [0.25, 0.3) is 11.8 Å². The van der Waals surface area contributed by atoms with Gasteiger partial charge >= 0.3 is 0 Å². The number of thiophene rings is 1. The lowest BCUT2D eigenvalue weighted by Crippen LogP contribution is -2.53. The first-order chi connectivity index (χ1) is 12.5. The minimum absolute atomic E-state index is 0.0605. The van der Waals surface area contributed by atoms with Gasteiger partial charge in [0.2, 0.25) is 0 Å². The van der Waals surface area contributed by atoms with E-state index < -0.39 is 11.8 Å². The van der Waals surface area contributed by atoms with Crippen molar-refractivity contribution in [3.8, 4) is 0 Å². The lowest BCUT2D eigenvalue weighted by Gasteiger charge is -2.27. The second-order valence-electron chi connectivity index (χ2n) is 5.23. The summed E-state index contributed by atoms with van der Waals surface area (Å²) in [7, 11) is 0. The van der Waals surface area contributed by atoms with Crippen LogP contribution in [-0.2, 0) is 9.59 Å². The van der Waals surface area contributed by atoms with E-state index in [1.807, 2.05) is 36.4 Å². The van der Waals surface area contributed by atoms with Crippen LogP contribution in [-0.4, -0.2) is 28.4 Å². The van der Waals surface area contributed by atoms with E-state index in [-0.39, 0.29) is 17.2 Å². The van der Waals surface area contributed by atoms with E-state index in [4.69, 9.17) is 23.8 Å². The van der Waals surface area contributed by atoms with Gasteiger partial charge in [-0.2, -0.15) is 0 Å². The van der Waals surface area contributed by atoms with Gasteiger partial charge in [0, 0.05) is 21.3 Å². The predicted molar refractivity (Wildman–Crippen MR) is 111 cm³/mol. The minimum Gasteiger partial charge on any atom is -0.298 e. The summed E-state index contributed by atoms with van der Waals surface area (Å²) in [6.07, 6.45) is 3.15. The van der Waals surface area contributed by atoms with Crippen molar-refractivity contribution in [3.63, 3.8) is 0 Å². The number of thiocarbonyl (C=S) groups is 1. The van der Waals surface area contributed by atoms with Crippen LogP contribution < -0.4 is 5.32 Å². The van der Waals surface area contributed by atoms with Gasteiger partial charge in [-0.05, 0) is 54.7 Å². The van der Waals surface area contributed by atoms with E-state index in [1.54, 1.807) is 23.9 Å². The zero-order valence-electron chi connectivity index (χ0n) is 13.4. The molecule has 0 unspecified atom stereocenters. The number of nitrogens with zero attached hydrogens (tertiary/aromatic N) is 1. The van der Waals surface area contributed by atoms with Crippen LogP contribution in [0.1, 0.15) is 4.88 Å². The van der Waals surface area contributed by atoms with Crippen molar-refractivity contribution in [1.29, 1.82) is 0 Å². The molecule has 1 aliphatic rings. The monoisotopic (exact) mass is 420 g/mol. The van der Waals surface area contributed by atoms with Gasteiger partial charge < -0.3 is 0 Å². The number of nitrogens with one attached hydrogen (secondary N) is 1. The molecule has 0 radical (unpaired) electrons. The number of hydrogen-bond acceptors (Lipinski definition) is 5. The molecule has 132 valence electrons. The summed E-state index contributed by atoms with van der Waals surface area (Å²) in [5, 5.41) is 3.32. The maximum Gasteiger partial charge on any atom is 0.265 e. The number of carbonyl (C=O) groups is 2. The Morgan fingerprint density at radius 3 is 2.65 bits per heavy atom. The molecular formula is C18H13ClN2O2S3. The number of rotatable bonds is 5. The molecule has 3 rings (SSSR count). The number of carbonyl (C=O) groups excluding carboxylic acids is 2. The van der Waals surface area contributed by atoms with E-state index in [1.165, 1.54) is 16.2 Å². The first kappa shape index (κ1) is 18.8. The van der Waals surface area contributed by atoms with Gasteiger partial charge in [0.1, 0.15) is 5.57 Å². The SMILES string of the molecule is C=CCN1C(=O)/C(=C/c2ccc(Sc3ccc(Cl)cc3)s2)C(=O)NC1=S. The zero-order chi connectivity index (χ0) is 18.7. The molecule has 1 aromatic heterocycles. The molecule has 4 nitrogen and oxygen atoms in total. The van der Waals surface area contributed by atoms with Gasteiger partial charge in [0.05, 0.1) is 4.21 Å². The van der Waals surface area contributed by atoms with Crippen molar-refractivity contribution in [2.75, 3.05) is 6.54 Å². The van der Waals surface area contributed by atoms with Gasteiger partial charge in [-0.15, -0.1) is 17.9 Å². The van der Waals surface area contributed by atoms with Gasteiger partial charge in [-0.1, -0.05) is 29.4 Å². The first-order valence-corrected chi connectivity index (χ1v) is 9.93. The number of halogens is 1. The van der Waals surface area contributed by atoms with Crippen LogP contribution in [0.25, 0.3) is 6.08 Å². The second kappa shape index (κ2) is 8.18. The van der Waals surface area contributed by atoms with Crippen LogP contribution in [0.3, 0.4) is 0 Å². The molecule has 2 aromatic rings. The third-order valence-electron chi connectivity index (χ3n) is 3.42. The minimum atomic E-state index is -0.486. The quantitative estimate of drug-likeness (QED) is 0.338. The van der Waals surface area contributed by atoms with Crippen molar-refractivity contribution in [3.05, 3.63) is 64.5 Å². The van der Waals surface area contributed by atoms with Crippen molar-refractivity contribution in [1.82, 2.24) is 10.2 Å². The smallest absolute Gasteiger partial charge is 0.265 e. The van der Waals surface area contributed by atoms with Crippen LogP contribution in [0.4, 0.5) is 0 Å². The van der Waals surface area contributed by atoms with Crippen molar-refractivity contribution < 1.29 is 9.59 Å². The van der Waals surface area contributed by atoms with Crippen LogP contribution in [0.2, 0.25) is 5.02 Å². The number of hydrogen-bond donors (Lipinski definition) is 1. The normalized spacial score (nSPS) is 16.1. The molecule has 0 saturated carbocycles. The standard InChI is InChI=1S/C18H13ClN2O2S3/c1-2-9-21-17(23)14(16(22)20-18(21)24)10-13-7-8-15(26-13)25-12-5-3-11(19)4-6-12/h2-8,10H,1,9H2,(H,20,22,24)/b14-10+. The molecule has 0 aliphatic carbocycles. The topological polar surface area (TPSA) is 49.4 Å². The Balaban J connectivity index is 1.80. The third kappa shape index (κ3) is 4.24. The summed E-state index contributed by atoms with van der Waals surface area (Å²) in [4.78, 5) is 27.8. The summed E-state index contributed by atoms with van der Waals surface area (Å²) in [5.74, 6) is -0.903. The molecule has 0 bridgehead atoms.